The molecule has 0 radical (unpaired) electrons. The van der Waals surface area contributed by atoms with Crippen LogP contribution in [-0.2, 0) is 6.42 Å². The Bertz CT molecular complexity index is 360. The highest BCUT2D eigenvalue weighted by Gasteiger charge is 2.39. The fourth-order valence-corrected chi connectivity index (χ4v) is 1.72. The first kappa shape index (κ1) is 10.6. The molecule has 0 heterocycles. The maximum Gasteiger partial charge on any atom is 0.129 e. The van der Waals surface area contributed by atoms with Crippen LogP contribution in [0.2, 0.25) is 0 Å². The molecule has 0 amide bonds. The Morgan fingerprint density at radius 1 is 1.27 bits per heavy atom. The Balaban J connectivity index is 2.13. The minimum absolute atomic E-state index is 0.0981. The van der Waals surface area contributed by atoms with Gasteiger partial charge in [0.1, 0.15) is 11.6 Å². The standard InChI is InChI=1S/C12H14F2O/c1-8-6-10(13)9(11(14)7-8)2-3-12(15)4-5-12/h6-7,15H,2-5H2,1H3. The molecule has 1 nitrogen and oxygen atoms in total. The summed E-state index contributed by atoms with van der Waals surface area (Å²) in [5.41, 5.74) is 0.0313. The number of rotatable bonds is 3. The number of hydrogen-bond donors (Lipinski definition) is 1. The van der Waals surface area contributed by atoms with E-state index in [1.807, 2.05) is 0 Å². The quantitative estimate of drug-likeness (QED) is 0.816. The zero-order valence-corrected chi connectivity index (χ0v) is 8.69. The third-order valence-electron chi connectivity index (χ3n) is 2.95. The highest BCUT2D eigenvalue weighted by Crippen LogP contribution is 2.39. The van der Waals surface area contributed by atoms with Crippen molar-refractivity contribution in [2.45, 2.75) is 38.2 Å². The van der Waals surface area contributed by atoms with Crippen LogP contribution in [0.25, 0.3) is 0 Å². The van der Waals surface area contributed by atoms with Crippen molar-refractivity contribution in [1.29, 1.82) is 0 Å². The SMILES string of the molecule is Cc1cc(F)c(CCC2(O)CC2)c(F)c1. The molecule has 82 valence electrons. The first-order valence-electron chi connectivity index (χ1n) is 5.17. The molecule has 3 heteroatoms. The van der Waals surface area contributed by atoms with Crippen molar-refractivity contribution in [3.8, 4) is 0 Å². The molecular weight excluding hydrogens is 198 g/mol. The molecule has 1 fully saturated rings. The first-order valence-corrected chi connectivity index (χ1v) is 5.17. The van der Waals surface area contributed by atoms with Crippen LogP contribution >= 0.6 is 0 Å². The number of hydrogen-bond acceptors (Lipinski definition) is 1. The third kappa shape index (κ3) is 2.34. The molecule has 2 rings (SSSR count). The van der Waals surface area contributed by atoms with Gasteiger partial charge in [-0.25, -0.2) is 8.78 Å². The summed E-state index contributed by atoms with van der Waals surface area (Å²) in [6, 6.07) is 2.66. The molecule has 1 aromatic carbocycles. The van der Waals surface area contributed by atoms with Crippen LogP contribution in [0.1, 0.15) is 30.4 Å². The molecule has 0 aromatic heterocycles. The Morgan fingerprint density at radius 3 is 2.27 bits per heavy atom. The number of halogens is 2. The second-order valence-corrected chi connectivity index (χ2v) is 4.43. The van der Waals surface area contributed by atoms with Gasteiger partial charge in [0.2, 0.25) is 0 Å². The van der Waals surface area contributed by atoms with Gasteiger partial charge in [-0.05, 0) is 50.3 Å². The van der Waals surface area contributed by atoms with Crippen molar-refractivity contribution in [2.75, 3.05) is 0 Å². The maximum atomic E-state index is 13.4. The van der Waals surface area contributed by atoms with E-state index in [9.17, 15) is 13.9 Å². The predicted molar refractivity (Wildman–Crippen MR) is 53.6 cm³/mol. The van der Waals surface area contributed by atoms with Gasteiger partial charge in [0.25, 0.3) is 0 Å². The summed E-state index contributed by atoms with van der Waals surface area (Å²) in [6.45, 7) is 1.66. The predicted octanol–water partition coefficient (Wildman–Crippen LogP) is 2.73. The van der Waals surface area contributed by atoms with Crippen LogP contribution < -0.4 is 0 Å². The molecule has 0 unspecified atom stereocenters. The second-order valence-electron chi connectivity index (χ2n) is 4.43. The minimum atomic E-state index is -0.649. The van der Waals surface area contributed by atoms with E-state index in [2.05, 4.69) is 0 Å². The number of benzene rings is 1. The van der Waals surface area contributed by atoms with Crippen molar-refractivity contribution in [3.63, 3.8) is 0 Å². The molecule has 0 aliphatic heterocycles. The molecule has 1 N–H and O–H groups in total. The molecular formula is C12H14F2O. The third-order valence-corrected chi connectivity index (χ3v) is 2.95. The average Bonchev–Trinajstić information content (AvgIpc) is 2.82. The molecule has 1 saturated carbocycles. The molecule has 0 bridgehead atoms. The van der Waals surface area contributed by atoms with E-state index in [0.29, 0.717) is 12.0 Å². The van der Waals surface area contributed by atoms with Gasteiger partial charge in [0.15, 0.2) is 0 Å². The summed E-state index contributed by atoms with van der Waals surface area (Å²) >= 11 is 0. The number of aliphatic hydroxyl groups is 1. The second kappa shape index (κ2) is 3.56. The van der Waals surface area contributed by atoms with E-state index in [4.69, 9.17) is 0 Å². The minimum Gasteiger partial charge on any atom is -0.390 e. The van der Waals surface area contributed by atoms with Crippen molar-refractivity contribution in [2.24, 2.45) is 0 Å². The van der Waals surface area contributed by atoms with E-state index < -0.39 is 17.2 Å². The maximum absolute atomic E-state index is 13.4. The van der Waals surface area contributed by atoms with E-state index >= 15 is 0 Å². The topological polar surface area (TPSA) is 20.2 Å². The Labute approximate surface area is 87.7 Å². The Morgan fingerprint density at radius 2 is 1.80 bits per heavy atom. The summed E-state index contributed by atoms with van der Waals surface area (Å²) in [7, 11) is 0. The lowest BCUT2D eigenvalue weighted by atomic mass is 10.0. The van der Waals surface area contributed by atoms with Gasteiger partial charge in [-0.2, -0.15) is 0 Å². The fraction of sp³-hybridized carbons (Fsp3) is 0.500. The van der Waals surface area contributed by atoms with Gasteiger partial charge < -0.3 is 5.11 Å². The summed E-state index contributed by atoms with van der Waals surface area (Å²) < 4.78 is 26.8. The molecule has 1 aromatic rings. The lowest BCUT2D eigenvalue weighted by Crippen LogP contribution is -2.09. The largest absolute Gasteiger partial charge is 0.390 e. The molecule has 0 atom stereocenters. The summed E-state index contributed by atoms with van der Waals surface area (Å²) in [5, 5.41) is 9.58. The van der Waals surface area contributed by atoms with Gasteiger partial charge in [-0.15, -0.1) is 0 Å². The van der Waals surface area contributed by atoms with Crippen LogP contribution in [0.3, 0.4) is 0 Å². The molecule has 0 spiro atoms. The monoisotopic (exact) mass is 212 g/mol. The smallest absolute Gasteiger partial charge is 0.129 e. The zero-order chi connectivity index (χ0) is 11.1. The fourth-order valence-electron chi connectivity index (χ4n) is 1.72. The summed E-state index contributed by atoms with van der Waals surface area (Å²) in [6.07, 6.45) is 2.22. The van der Waals surface area contributed by atoms with E-state index in [1.54, 1.807) is 6.92 Å². The van der Waals surface area contributed by atoms with Crippen LogP contribution in [0.5, 0.6) is 0 Å². The lowest BCUT2D eigenvalue weighted by molar-refractivity contribution is 0.140. The molecule has 0 saturated heterocycles. The summed E-state index contributed by atoms with van der Waals surface area (Å²) in [4.78, 5) is 0. The highest BCUT2D eigenvalue weighted by molar-refractivity contribution is 5.25. The molecule has 15 heavy (non-hydrogen) atoms. The van der Waals surface area contributed by atoms with Gasteiger partial charge in [0.05, 0.1) is 5.60 Å². The Hall–Kier alpha value is -0.960. The highest BCUT2D eigenvalue weighted by atomic mass is 19.1. The van der Waals surface area contributed by atoms with Gasteiger partial charge in [-0.1, -0.05) is 0 Å². The normalized spacial score (nSPS) is 17.9. The van der Waals surface area contributed by atoms with Gasteiger partial charge in [-0.3, -0.25) is 0 Å². The van der Waals surface area contributed by atoms with Crippen molar-refractivity contribution in [1.82, 2.24) is 0 Å². The molecule has 1 aliphatic rings. The van der Waals surface area contributed by atoms with Gasteiger partial charge in [0, 0.05) is 5.56 Å². The van der Waals surface area contributed by atoms with Crippen molar-refractivity contribution < 1.29 is 13.9 Å². The van der Waals surface area contributed by atoms with Crippen LogP contribution in [-0.4, -0.2) is 10.7 Å². The number of aryl methyl sites for hydroxylation is 1. The lowest BCUT2D eigenvalue weighted by Gasteiger charge is -2.09. The van der Waals surface area contributed by atoms with Crippen LogP contribution in [0.15, 0.2) is 12.1 Å². The van der Waals surface area contributed by atoms with E-state index in [-0.39, 0.29) is 12.0 Å². The first-order chi connectivity index (χ1) is 7.00. The van der Waals surface area contributed by atoms with Crippen molar-refractivity contribution in [3.05, 3.63) is 34.9 Å². The van der Waals surface area contributed by atoms with E-state index in [1.165, 1.54) is 12.1 Å². The average molecular weight is 212 g/mol. The van der Waals surface area contributed by atoms with Crippen LogP contribution in [0, 0.1) is 18.6 Å². The van der Waals surface area contributed by atoms with Crippen LogP contribution in [0.4, 0.5) is 8.78 Å². The Kier molecular flexibility index (Phi) is 2.51. The van der Waals surface area contributed by atoms with E-state index in [0.717, 1.165) is 12.8 Å². The summed E-state index contributed by atoms with van der Waals surface area (Å²) in [5.74, 6) is -1.01. The molecule has 1 aliphatic carbocycles. The van der Waals surface area contributed by atoms with Crippen molar-refractivity contribution >= 4 is 0 Å². The zero-order valence-electron chi connectivity index (χ0n) is 8.69. The van der Waals surface area contributed by atoms with Gasteiger partial charge >= 0.3 is 0 Å².